The molecule has 16 heavy (non-hydrogen) atoms. The normalized spacial score (nSPS) is 26.5. The molecule has 2 rings (SSSR count). The molecular weight excluding hydrogens is 291 g/mol. The zero-order chi connectivity index (χ0) is 10.2. The van der Waals surface area contributed by atoms with Gasteiger partial charge in [0.2, 0.25) is 0 Å². The zero-order valence-corrected chi connectivity index (χ0v) is 14.9. The second kappa shape index (κ2) is 6.42. The van der Waals surface area contributed by atoms with E-state index < -0.39 is 17.1 Å². The first-order valence-electron chi connectivity index (χ1n) is 5.20. The van der Waals surface area contributed by atoms with Crippen LogP contribution >= 0.6 is 0 Å². The van der Waals surface area contributed by atoms with Gasteiger partial charge >= 0.3 is 95.1 Å². The molecule has 0 heterocycles. The van der Waals surface area contributed by atoms with Crippen LogP contribution in [0.1, 0.15) is 13.8 Å². The van der Waals surface area contributed by atoms with Crippen molar-refractivity contribution in [3.8, 4) is 0 Å². The summed E-state index contributed by atoms with van der Waals surface area (Å²) in [5, 5.41) is 0. The van der Waals surface area contributed by atoms with Gasteiger partial charge in [-0.3, -0.25) is 0 Å². The van der Waals surface area contributed by atoms with Crippen molar-refractivity contribution in [2.45, 2.75) is 21.8 Å². The number of rotatable bonds is 2. The molecule has 2 aliphatic carbocycles. The van der Waals surface area contributed by atoms with Gasteiger partial charge in [0.1, 0.15) is 0 Å². The summed E-state index contributed by atoms with van der Waals surface area (Å²) >= 11 is -0.961. The molecule has 0 nitrogen and oxygen atoms in total. The monoisotopic (exact) mass is 307 g/mol. The molecule has 2 aliphatic rings. The van der Waals surface area contributed by atoms with Gasteiger partial charge in [-0.15, -0.1) is 0 Å². The summed E-state index contributed by atoms with van der Waals surface area (Å²) in [6, 6.07) is 0. The number of halogens is 2. The van der Waals surface area contributed by atoms with Gasteiger partial charge in [0.15, 0.2) is 0 Å². The maximum atomic E-state index is 2.45. The molecule has 0 spiro atoms. The van der Waals surface area contributed by atoms with Crippen LogP contribution in [0.5, 0.6) is 0 Å². The Balaban J connectivity index is 0.00000112. The second-order valence-corrected chi connectivity index (χ2v) is 13.6. The Kier molecular flexibility index (Phi) is 6.61. The van der Waals surface area contributed by atoms with E-state index in [9.17, 15) is 0 Å². The number of hydrogen-bond donors (Lipinski definition) is 0. The minimum Gasteiger partial charge on any atom is -1.00 e. The van der Waals surface area contributed by atoms with E-state index >= 15 is 0 Å². The molecule has 0 fully saturated rings. The smallest absolute Gasteiger partial charge is 1.00 e. The molecular formula is C12H17Cl2SiTi. The standard InChI is InChI=1S/C7H9.C5H5.2ClH.H3Si.Ti/c1-6-4-3-5-7(6)2;1-2-4-5-3-1;;;;/h3-5H,1-2H3;1-5H;2*1H;1H3;/q;;;;;+2/p-2. The Bertz CT molecular complexity index is 348. The van der Waals surface area contributed by atoms with Gasteiger partial charge in [-0.05, 0) is 0 Å². The summed E-state index contributed by atoms with van der Waals surface area (Å²) in [4.78, 5) is 0. The summed E-state index contributed by atoms with van der Waals surface area (Å²) in [7, 11) is 1.41. The third-order valence-corrected chi connectivity index (χ3v) is 16.3. The van der Waals surface area contributed by atoms with E-state index in [-0.39, 0.29) is 24.8 Å². The van der Waals surface area contributed by atoms with Crippen LogP contribution in [0.4, 0.5) is 0 Å². The fraction of sp³-hybridized carbons (Fsp3) is 0.333. The van der Waals surface area contributed by atoms with E-state index in [4.69, 9.17) is 0 Å². The molecule has 0 radical (unpaired) electrons. The Labute approximate surface area is 119 Å². The van der Waals surface area contributed by atoms with Gasteiger partial charge in [-0.25, -0.2) is 0 Å². The first kappa shape index (κ1) is 16.5. The van der Waals surface area contributed by atoms with Crippen LogP contribution in [-0.2, 0) is 17.1 Å². The first-order valence-corrected chi connectivity index (χ1v) is 12.6. The summed E-state index contributed by atoms with van der Waals surface area (Å²) in [6.45, 7) is 4.75. The summed E-state index contributed by atoms with van der Waals surface area (Å²) < 4.78 is 1.31. The predicted octanol–water partition coefficient (Wildman–Crippen LogP) is -3.50. The van der Waals surface area contributed by atoms with Crippen LogP contribution in [0.2, 0.25) is 7.94 Å². The van der Waals surface area contributed by atoms with Gasteiger partial charge in [-0.1, -0.05) is 0 Å². The fourth-order valence-corrected chi connectivity index (χ4v) is 10.1. The summed E-state index contributed by atoms with van der Waals surface area (Å²) in [5.41, 5.74) is 1.59. The molecule has 0 saturated heterocycles. The zero-order valence-electron chi connectivity index (χ0n) is 9.87. The van der Waals surface area contributed by atoms with Crippen molar-refractivity contribution in [2.24, 2.45) is 0 Å². The molecule has 87 valence electrons. The van der Waals surface area contributed by atoms with Crippen molar-refractivity contribution < 1.29 is 41.9 Å². The van der Waals surface area contributed by atoms with Crippen LogP contribution in [-0.4, -0.2) is 8.11 Å². The van der Waals surface area contributed by atoms with Crippen LogP contribution < -0.4 is 24.8 Å². The average Bonchev–Trinajstić information content (AvgIpc) is 2.77. The average molecular weight is 308 g/mol. The Hall–Kier alpha value is 0.471. The first-order chi connectivity index (χ1) is 6.64. The van der Waals surface area contributed by atoms with E-state index in [2.05, 4.69) is 56.4 Å². The maximum absolute atomic E-state index is 2.45. The molecule has 1 unspecified atom stereocenters. The molecule has 1 atom stereocenters. The van der Waals surface area contributed by atoms with Crippen molar-refractivity contribution in [1.29, 1.82) is 0 Å². The Morgan fingerprint density at radius 1 is 1.19 bits per heavy atom. The van der Waals surface area contributed by atoms with Crippen molar-refractivity contribution in [3.05, 3.63) is 48.1 Å². The van der Waals surface area contributed by atoms with Gasteiger partial charge < -0.3 is 24.8 Å². The molecule has 0 aliphatic heterocycles. The molecule has 0 aromatic heterocycles. The third kappa shape index (κ3) is 2.83. The second-order valence-electron chi connectivity index (χ2n) is 4.39. The van der Waals surface area contributed by atoms with Crippen LogP contribution in [0.3, 0.4) is 0 Å². The topological polar surface area (TPSA) is 0 Å². The van der Waals surface area contributed by atoms with Crippen molar-refractivity contribution in [1.82, 2.24) is 0 Å². The maximum Gasteiger partial charge on any atom is -1.00 e. The van der Waals surface area contributed by atoms with E-state index in [1.807, 2.05) is 0 Å². The van der Waals surface area contributed by atoms with Crippen molar-refractivity contribution >= 4 is 8.11 Å². The van der Waals surface area contributed by atoms with E-state index in [1.54, 1.807) is 5.57 Å². The van der Waals surface area contributed by atoms with E-state index in [0.29, 0.717) is 3.72 Å². The van der Waals surface area contributed by atoms with Crippen molar-refractivity contribution in [2.75, 3.05) is 0 Å². The molecule has 4 heteroatoms. The van der Waals surface area contributed by atoms with Crippen LogP contribution in [0.15, 0.2) is 48.1 Å². The van der Waals surface area contributed by atoms with Crippen molar-refractivity contribution in [3.63, 3.8) is 0 Å². The predicted molar refractivity (Wildman–Crippen MR) is 63.2 cm³/mol. The molecule has 0 amide bonds. The van der Waals surface area contributed by atoms with E-state index in [1.165, 1.54) is 8.11 Å². The minimum absolute atomic E-state index is 0. The fourth-order valence-electron chi connectivity index (χ4n) is 2.20. The Morgan fingerprint density at radius 2 is 1.75 bits per heavy atom. The van der Waals surface area contributed by atoms with Gasteiger partial charge in [-0.2, -0.15) is 0 Å². The quantitative estimate of drug-likeness (QED) is 0.465. The molecule has 0 saturated carbocycles. The minimum atomic E-state index is -0.961. The van der Waals surface area contributed by atoms with E-state index in [0.717, 1.165) is 4.22 Å². The summed E-state index contributed by atoms with van der Waals surface area (Å²) in [6.07, 6.45) is 16.3. The Morgan fingerprint density at radius 3 is 2.19 bits per heavy atom. The van der Waals surface area contributed by atoms with Crippen LogP contribution in [0.25, 0.3) is 0 Å². The van der Waals surface area contributed by atoms with Crippen LogP contribution in [0, 0.1) is 0 Å². The largest absolute Gasteiger partial charge is 1.00 e. The number of allylic oxidation sites excluding steroid dienone is 8. The van der Waals surface area contributed by atoms with Gasteiger partial charge in [0.05, 0.1) is 0 Å². The molecule has 0 N–H and O–H groups in total. The van der Waals surface area contributed by atoms with Gasteiger partial charge in [0.25, 0.3) is 0 Å². The third-order valence-electron chi connectivity index (χ3n) is 3.66. The number of hydrogen-bond acceptors (Lipinski definition) is 0. The summed E-state index contributed by atoms with van der Waals surface area (Å²) in [5.74, 6) is 0. The van der Waals surface area contributed by atoms with Gasteiger partial charge in [0, 0.05) is 0 Å². The SMILES string of the molecule is CC1=CC=C[C]1(C)[Ti+2]([SiH3])[CH]1C=CC=C1.[Cl-].[Cl-]. The molecule has 0 aromatic rings. The molecule has 0 bridgehead atoms. The molecule has 0 aromatic carbocycles.